The van der Waals surface area contributed by atoms with Gasteiger partial charge in [0.05, 0.1) is 13.7 Å². The zero-order chi connectivity index (χ0) is 23.3. The van der Waals surface area contributed by atoms with Gasteiger partial charge in [-0.05, 0) is 54.8 Å². The van der Waals surface area contributed by atoms with Crippen LogP contribution in [0.25, 0.3) is 0 Å². The van der Waals surface area contributed by atoms with Gasteiger partial charge in [0.15, 0.2) is 0 Å². The normalized spacial score (nSPS) is 15.2. The number of rotatable bonds is 6. The Labute approximate surface area is 193 Å². The number of carbonyl (C=O) groups excluding carboxylic acids is 3. The molecule has 1 aliphatic heterocycles. The van der Waals surface area contributed by atoms with Crippen LogP contribution in [0, 0.1) is 13.8 Å². The summed E-state index contributed by atoms with van der Waals surface area (Å²) in [5.41, 5.74) is 3.47. The number of esters is 1. The van der Waals surface area contributed by atoms with Crippen LogP contribution in [0.4, 0.5) is 0 Å². The summed E-state index contributed by atoms with van der Waals surface area (Å²) in [6, 6.07) is 12.0. The molecule has 7 nitrogen and oxygen atoms in total. The van der Waals surface area contributed by atoms with Gasteiger partial charge >= 0.3 is 5.97 Å². The summed E-state index contributed by atoms with van der Waals surface area (Å²) in [5, 5.41) is 3.30. The van der Waals surface area contributed by atoms with Crippen LogP contribution in [0.15, 0.2) is 42.5 Å². The molecule has 0 aromatic heterocycles. The monoisotopic (exact) mass is 457 g/mol. The molecule has 0 radical (unpaired) electrons. The second-order valence-corrected chi connectivity index (χ2v) is 8.31. The summed E-state index contributed by atoms with van der Waals surface area (Å²) in [7, 11) is 1.36. The lowest BCUT2D eigenvalue weighted by molar-refractivity contribution is -0.148. The van der Waals surface area contributed by atoms with Crippen molar-refractivity contribution in [1.82, 2.24) is 15.1 Å². The first-order valence-electron chi connectivity index (χ1n) is 10.5. The Balaban J connectivity index is 1.56. The van der Waals surface area contributed by atoms with E-state index < -0.39 is 6.04 Å². The largest absolute Gasteiger partial charge is 0.468 e. The predicted molar refractivity (Wildman–Crippen MR) is 123 cm³/mol. The molecule has 3 rings (SSSR count). The Hall–Kier alpha value is -2.90. The molecule has 1 saturated heterocycles. The van der Waals surface area contributed by atoms with E-state index >= 15 is 0 Å². The van der Waals surface area contributed by atoms with Crippen molar-refractivity contribution < 1.29 is 19.1 Å². The number of carbonyl (C=O) groups is 3. The average Bonchev–Trinajstić information content (AvgIpc) is 2.80. The van der Waals surface area contributed by atoms with Crippen LogP contribution in [0.5, 0.6) is 0 Å². The van der Waals surface area contributed by atoms with Crippen molar-refractivity contribution >= 4 is 29.4 Å². The lowest BCUT2D eigenvalue weighted by Gasteiger charge is -2.38. The Morgan fingerprint density at radius 3 is 2.25 bits per heavy atom. The number of piperazine rings is 1. The molecule has 1 unspecified atom stereocenters. The third kappa shape index (κ3) is 5.66. The molecule has 1 heterocycles. The highest BCUT2D eigenvalue weighted by atomic mass is 35.5. The Kier molecular flexibility index (Phi) is 7.88. The zero-order valence-corrected chi connectivity index (χ0v) is 19.3. The van der Waals surface area contributed by atoms with Gasteiger partial charge in [-0.2, -0.15) is 0 Å². The highest BCUT2D eigenvalue weighted by Gasteiger charge is 2.32. The number of nitrogens with zero attached hydrogens (tertiary/aromatic N) is 2. The maximum absolute atomic E-state index is 12.6. The number of hydrogen-bond donors (Lipinski definition) is 1. The molecule has 0 bridgehead atoms. The van der Waals surface area contributed by atoms with Crippen LogP contribution in [0.1, 0.15) is 33.1 Å². The maximum Gasteiger partial charge on any atom is 0.327 e. The number of amides is 2. The van der Waals surface area contributed by atoms with Crippen molar-refractivity contribution in [3.05, 3.63) is 69.7 Å². The van der Waals surface area contributed by atoms with Crippen molar-refractivity contribution in [2.75, 3.05) is 39.8 Å². The molecular formula is C24H28ClN3O4. The first-order valence-corrected chi connectivity index (χ1v) is 10.9. The third-order valence-corrected chi connectivity index (χ3v) is 6.06. The maximum atomic E-state index is 12.6. The van der Waals surface area contributed by atoms with Crippen molar-refractivity contribution in [3.8, 4) is 0 Å². The van der Waals surface area contributed by atoms with Gasteiger partial charge in [0, 0.05) is 36.8 Å². The van der Waals surface area contributed by atoms with E-state index in [0.29, 0.717) is 36.8 Å². The van der Waals surface area contributed by atoms with Crippen molar-refractivity contribution in [2.24, 2.45) is 0 Å². The van der Waals surface area contributed by atoms with E-state index in [9.17, 15) is 14.4 Å². The van der Waals surface area contributed by atoms with Gasteiger partial charge in [0.25, 0.3) is 5.91 Å². The van der Waals surface area contributed by atoms with E-state index in [0.717, 1.165) is 16.7 Å². The van der Waals surface area contributed by atoms with E-state index in [1.54, 1.807) is 23.1 Å². The SMILES string of the molecule is COC(=O)C(c1ccc(Cl)cc1)N1CCN(C(=O)CNC(=O)c2ccc(C)c(C)c2)CC1. The predicted octanol–water partition coefficient (Wildman–Crippen LogP) is 2.75. The van der Waals surface area contributed by atoms with E-state index in [-0.39, 0.29) is 24.3 Å². The first-order chi connectivity index (χ1) is 15.3. The molecule has 1 N–H and O–H groups in total. The fraction of sp³-hybridized carbons (Fsp3) is 0.375. The fourth-order valence-corrected chi connectivity index (χ4v) is 3.86. The smallest absolute Gasteiger partial charge is 0.327 e. The molecule has 1 atom stereocenters. The van der Waals surface area contributed by atoms with Gasteiger partial charge in [-0.1, -0.05) is 29.8 Å². The number of benzene rings is 2. The summed E-state index contributed by atoms with van der Waals surface area (Å²) in [6.07, 6.45) is 0. The van der Waals surface area contributed by atoms with Crippen molar-refractivity contribution in [2.45, 2.75) is 19.9 Å². The third-order valence-electron chi connectivity index (χ3n) is 5.81. The standard InChI is InChI=1S/C24H28ClN3O4/c1-16-4-5-19(14-17(16)2)23(30)26-15-21(29)27-10-12-28(13-11-27)22(24(31)32-3)18-6-8-20(25)9-7-18/h4-9,14,22H,10-13,15H2,1-3H3,(H,26,30). The van der Waals surface area contributed by atoms with Gasteiger partial charge in [-0.15, -0.1) is 0 Å². The Morgan fingerprint density at radius 2 is 1.66 bits per heavy atom. The highest BCUT2D eigenvalue weighted by molar-refractivity contribution is 6.30. The van der Waals surface area contributed by atoms with E-state index in [2.05, 4.69) is 5.32 Å². The molecule has 0 aliphatic carbocycles. The second kappa shape index (κ2) is 10.6. The number of nitrogens with one attached hydrogen (secondary N) is 1. The van der Waals surface area contributed by atoms with E-state index in [4.69, 9.17) is 16.3 Å². The second-order valence-electron chi connectivity index (χ2n) is 7.88. The van der Waals surface area contributed by atoms with Crippen LogP contribution >= 0.6 is 11.6 Å². The van der Waals surface area contributed by atoms with E-state index in [1.165, 1.54) is 7.11 Å². The van der Waals surface area contributed by atoms with Gasteiger partial charge in [0.1, 0.15) is 6.04 Å². The molecule has 0 saturated carbocycles. The minimum atomic E-state index is -0.556. The van der Waals surface area contributed by atoms with Gasteiger partial charge in [0.2, 0.25) is 5.91 Å². The van der Waals surface area contributed by atoms with E-state index in [1.807, 2.05) is 43.0 Å². The van der Waals surface area contributed by atoms with Crippen LogP contribution in [-0.4, -0.2) is 67.4 Å². The van der Waals surface area contributed by atoms with Crippen LogP contribution in [0.3, 0.4) is 0 Å². The minimum Gasteiger partial charge on any atom is -0.468 e. The molecule has 2 amide bonds. The summed E-state index contributed by atoms with van der Waals surface area (Å²) in [4.78, 5) is 41.1. The van der Waals surface area contributed by atoms with Crippen molar-refractivity contribution in [1.29, 1.82) is 0 Å². The summed E-state index contributed by atoms with van der Waals surface area (Å²) in [5.74, 6) is -0.774. The molecule has 1 aliphatic rings. The summed E-state index contributed by atoms with van der Waals surface area (Å²) >= 11 is 5.97. The number of methoxy groups -OCH3 is 1. The lowest BCUT2D eigenvalue weighted by atomic mass is 10.0. The zero-order valence-electron chi connectivity index (χ0n) is 18.6. The Bertz CT molecular complexity index is 985. The van der Waals surface area contributed by atoms with Crippen molar-refractivity contribution in [3.63, 3.8) is 0 Å². The van der Waals surface area contributed by atoms with Gasteiger partial charge in [-0.3, -0.25) is 14.5 Å². The summed E-state index contributed by atoms with van der Waals surface area (Å²) in [6.45, 7) is 5.81. The average molecular weight is 458 g/mol. The van der Waals surface area contributed by atoms with Crippen LogP contribution < -0.4 is 5.32 Å². The van der Waals surface area contributed by atoms with Crippen LogP contribution in [0.2, 0.25) is 5.02 Å². The number of hydrogen-bond acceptors (Lipinski definition) is 5. The molecule has 170 valence electrons. The fourth-order valence-electron chi connectivity index (χ4n) is 3.73. The number of ether oxygens (including phenoxy) is 1. The quantitative estimate of drug-likeness (QED) is 0.675. The topological polar surface area (TPSA) is 79.0 Å². The molecule has 1 fully saturated rings. The Morgan fingerprint density at radius 1 is 1.00 bits per heavy atom. The molecule has 32 heavy (non-hydrogen) atoms. The van der Waals surface area contributed by atoms with Gasteiger partial charge in [-0.25, -0.2) is 4.79 Å². The minimum absolute atomic E-state index is 0.0661. The number of aryl methyl sites for hydroxylation is 2. The molecule has 2 aromatic rings. The molecular weight excluding hydrogens is 430 g/mol. The molecule has 0 spiro atoms. The molecule has 8 heteroatoms. The highest BCUT2D eigenvalue weighted by Crippen LogP contribution is 2.25. The van der Waals surface area contributed by atoms with Gasteiger partial charge < -0.3 is 15.0 Å². The lowest BCUT2D eigenvalue weighted by Crippen LogP contribution is -2.53. The van der Waals surface area contributed by atoms with Crippen LogP contribution in [-0.2, 0) is 14.3 Å². The summed E-state index contributed by atoms with van der Waals surface area (Å²) < 4.78 is 5.01. The number of halogens is 1. The first kappa shape index (κ1) is 23.8. The molecule has 2 aromatic carbocycles.